The molecule has 0 amide bonds. The Balaban J connectivity index is 3.18. The fourth-order valence-corrected chi connectivity index (χ4v) is 2.94. The van der Waals surface area contributed by atoms with Crippen molar-refractivity contribution in [2.45, 2.75) is 37.6 Å². The Morgan fingerprint density at radius 1 is 1.29 bits per heavy atom. The molecule has 0 fully saturated rings. The highest BCUT2D eigenvalue weighted by Crippen LogP contribution is 2.29. The molecular weight excluding hydrogens is 290 g/mol. The fourth-order valence-electron chi connectivity index (χ4n) is 2.39. The van der Waals surface area contributed by atoms with Gasteiger partial charge >= 0.3 is 0 Å². The first kappa shape index (κ1) is 17.7. The van der Waals surface area contributed by atoms with Crippen LogP contribution in [0.15, 0.2) is 23.1 Å². The van der Waals surface area contributed by atoms with Gasteiger partial charge in [0, 0.05) is 19.7 Å². The molecule has 0 aliphatic heterocycles. The summed E-state index contributed by atoms with van der Waals surface area (Å²) in [5, 5.41) is 5.13. The number of methoxy groups -OCH3 is 1. The van der Waals surface area contributed by atoms with Crippen LogP contribution in [-0.2, 0) is 14.8 Å². The van der Waals surface area contributed by atoms with E-state index in [1.54, 1.807) is 13.2 Å². The van der Waals surface area contributed by atoms with Crippen LogP contribution < -0.4 is 15.8 Å². The minimum atomic E-state index is -3.74. The summed E-state index contributed by atoms with van der Waals surface area (Å²) >= 11 is 0. The summed E-state index contributed by atoms with van der Waals surface area (Å²) in [6.45, 7) is 5.50. The molecular formula is C14H25N3O3S. The molecule has 120 valence electrons. The van der Waals surface area contributed by atoms with Crippen molar-refractivity contribution in [2.75, 3.05) is 30.9 Å². The summed E-state index contributed by atoms with van der Waals surface area (Å²) < 4.78 is 27.9. The van der Waals surface area contributed by atoms with E-state index < -0.39 is 10.0 Å². The second kappa shape index (κ2) is 7.63. The molecule has 6 nitrogen and oxygen atoms in total. The maximum Gasteiger partial charge on any atom is 0.238 e. The predicted molar refractivity (Wildman–Crippen MR) is 85.8 cm³/mol. The first-order valence-electron chi connectivity index (χ1n) is 7.03. The standard InChI is InChI=1S/C14H25N3O3S/c1-4-11(5-2)17(8-9-20-3)14-7-6-12(10-13(14)15)21(16,18)19/h6-7,10-11H,4-5,8-9,15H2,1-3H3,(H2,16,18,19). The number of benzene rings is 1. The number of rotatable bonds is 8. The molecule has 0 atom stereocenters. The lowest BCUT2D eigenvalue weighted by atomic mass is 10.1. The third-order valence-corrected chi connectivity index (χ3v) is 4.47. The predicted octanol–water partition coefficient (Wildman–Crippen LogP) is 1.56. The summed E-state index contributed by atoms with van der Waals surface area (Å²) in [4.78, 5) is 2.19. The molecule has 0 heterocycles. The van der Waals surface area contributed by atoms with Crippen molar-refractivity contribution in [3.63, 3.8) is 0 Å². The summed E-state index contributed by atoms with van der Waals surface area (Å²) in [6, 6.07) is 4.93. The van der Waals surface area contributed by atoms with Crippen molar-refractivity contribution in [1.29, 1.82) is 0 Å². The number of nitrogens with two attached hydrogens (primary N) is 2. The van der Waals surface area contributed by atoms with Crippen LogP contribution in [-0.4, -0.2) is 34.7 Å². The van der Waals surface area contributed by atoms with Crippen molar-refractivity contribution in [3.05, 3.63) is 18.2 Å². The highest BCUT2D eigenvalue weighted by molar-refractivity contribution is 7.89. The molecule has 0 aliphatic rings. The van der Waals surface area contributed by atoms with Gasteiger partial charge in [-0.2, -0.15) is 0 Å². The van der Waals surface area contributed by atoms with Crippen molar-refractivity contribution in [2.24, 2.45) is 5.14 Å². The van der Waals surface area contributed by atoms with Crippen molar-refractivity contribution >= 4 is 21.4 Å². The van der Waals surface area contributed by atoms with Gasteiger partial charge in [0.25, 0.3) is 0 Å². The second-order valence-corrected chi connectivity index (χ2v) is 6.48. The molecule has 0 bridgehead atoms. The van der Waals surface area contributed by atoms with Crippen LogP contribution in [0.4, 0.5) is 11.4 Å². The first-order valence-corrected chi connectivity index (χ1v) is 8.57. The number of nitrogen functional groups attached to an aromatic ring is 1. The topological polar surface area (TPSA) is 98.6 Å². The number of ether oxygens (including phenoxy) is 1. The lowest BCUT2D eigenvalue weighted by Crippen LogP contribution is -2.37. The molecule has 0 aromatic heterocycles. The van der Waals surface area contributed by atoms with Crippen molar-refractivity contribution < 1.29 is 13.2 Å². The van der Waals surface area contributed by atoms with Crippen LogP contribution >= 0.6 is 0 Å². The smallest absolute Gasteiger partial charge is 0.238 e. The molecule has 0 unspecified atom stereocenters. The maximum absolute atomic E-state index is 11.4. The average molecular weight is 315 g/mol. The van der Waals surface area contributed by atoms with E-state index >= 15 is 0 Å². The second-order valence-electron chi connectivity index (χ2n) is 4.92. The molecule has 0 saturated carbocycles. The van der Waals surface area contributed by atoms with Gasteiger partial charge in [0.2, 0.25) is 10.0 Å². The molecule has 7 heteroatoms. The SMILES string of the molecule is CCC(CC)N(CCOC)c1ccc(S(N)(=O)=O)cc1N. The van der Waals surface area contributed by atoms with E-state index in [4.69, 9.17) is 15.6 Å². The van der Waals surface area contributed by atoms with Crippen LogP contribution in [0.3, 0.4) is 0 Å². The highest BCUT2D eigenvalue weighted by atomic mass is 32.2. The normalized spacial score (nSPS) is 11.9. The largest absolute Gasteiger partial charge is 0.397 e. The minimum absolute atomic E-state index is 0.0278. The van der Waals surface area contributed by atoms with Crippen molar-refractivity contribution in [3.8, 4) is 0 Å². The van der Waals surface area contributed by atoms with E-state index in [2.05, 4.69) is 18.7 Å². The molecule has 1 rings (SSSR count). The van der Waals surface area contributed by atoms with Crippen LogP contribution in [0.5, 0.6) is 0 Å². The summed E-state index contributed by atoms with van der Waals surface area (Å²) in [5.74, 6) is 0. The molecule has 0 saturated heterocycles. The zero-order valence-corrected chi connectivity index (χ0v) is 13.7. The van der Waals surface area contributed by atoms with E-state index in [-0.39, 0.29) is 4.90 Å². The lowest BCUT2D eigenvalue weighted by molar-refractivity contribution is 0.202. The number of primary sulfonamides is 1. The Kier molecular flexibility index (Phi) is 6.44. The van der Waals surface area contributed by atoms with E-state index in [0.29, 0.717) is 24.9 Å². The third-order valence-electron chi connectivity index (χ3n) is 3.56. The number of sulfonamides is 1. The van der Waals surface area contributed by atoms with E-state index in [0.717, 1.165) is 18.5 Å². The van der Waals surface area contributed by atoms with Gasteiger partial charge in [-0.25, -0.2) is 13.6 Å². The van der Waals surface area contributed by atoms with E-state index in [9.17, 15) is 8.42 Å². The molecule has 21 heavy (non-hydrogen) atoms. The Hall–Kier alpha value is -1.31. The highest BCUT2D eigenvalue weighted by Gasteiger charge is 2.19. The van der Waals surface area contributed by atoms with Crippen LogP contribution in [0, 0.1) is 0 Å². The van der Waals surface area contributed by atoms with Gasteiger partial charge in [0.1, 0.15) is 0 Å². The van der Waals surface area contributed by atoms with Gasteiger partial charge in [0.15, 0.2) is 0 Å². The Morgan fingerprint density at radius 2 is 1.90 bits per heavy atom. The maximum atomic E-state index is 11.4. The molecule has 1 aromatic carbocycles. The van der Waals surface area contributed by atoms with Gasteiger partial charge in [-0.1, -0.05) is 13.8 Å². The minimum Gasteiger partial charge on any atom is -0.397 e. The zero-order chi connectivity index (χ0) is 16.0. The average Bonchev–Trinajstić information content (AvgIpc) is 2.43. The van der Waals surface area contributed by atoms with Crippen molar-refractivity contribution in [1.82, 2.24) is 0 Å². The van der Waals surface area contributed by atoms with Gasteiger partial charge in [-0.3, -0.25) is 0 Å². The lowest BCUT2D eigenvalue weighted by Gasteiger charge is -2.33. The molecule has 1 aromatic rings. The quantitative estimate of drug-likeness (QED) is 0.709. The summed E-state index contributed by atoms with van der Waals surface area (Å²) in [5.41, 5.74) is 7.26. The van der Waals surface area contributed by atoms with Crippen LogP contribution in [0.1, 0.15) is 26.7 Å². The van der Waals surface area contributed by atoms with Gasteiger partial charge in [-0.15, -0.1) is 0 Å². The number of hydrogen-bond donors (Lipinski definition) is 2. The van der Waals surface area contributed by atoms with Gasteiger partial charge in [0.05, 0.1) is 22.9 Å². The van der Waals surface area contributed by atoms with Gasteiger partial charge in [-0.05, 0) is 31.0 Å². The van der Waals surface area contributed by atoms with E-state index in [1.807, 2.05) is 0 Å². The number of anilines is 2. The fraction of sp³-hybridized carbons (Fsp3) is 0.571. The number of hydrogen-bond acceptors (Lipinski definition) is 5. The third kappa shape index (κ3) is 4.59. The molecule has 0 spiro atoms. The van der Waals surface area contributed by atoms with E-state index in [1.165, 1.54) is 12.1 Å². The molecule has 0 aliphatic carbocycles. The zero-order valence-electron chi connectivity index (χ0n) is 12.9. The Labute approximate surface area is 127 Å². The van der Waals surface area contributed by atoms with Gasteiger partial charge < -0.3 is 15.4 Å². The van der Waals surface area contributed by atoms with Crippen LogP contribution in [0.25, 0.3) is 0 Å². The molecule has 0 radical (unpaired) electrons. The first-order chi connectivity index (χ1) is 9.85. The Morgan fingerprint density at radius 3 is 2.33 bits per heavy atom. The molecule has 4 N–H and O–H groups in total. The summed E-state index contributed by atoms with van der Waals surface area (Å²) in [6.07, 6.45) is 1.94. The summed E-state index contributed by atoms with van der Waals surface area (Å²) in [7, 11) is -2.09. The number of nitrogens with zero attached hydrogens (tertiary/aromatic N) is 1. The Bertz CT molecular complexity index is 557. The monoisotopic (exact) mass is 315 g/mol. The van der Waals surface area contributed by atoms with Crippen LogP contribution in [0.2, 0.25) is 0 Å².